The summed E-state index contributed by atoms with van der Waals surface area (Å²) in [6.45, 7) is 4.38. The summed E-state index contributed by atoms with van der Waals surface area (Å²) < 4.78 is 68.3. The summed E-state index contributed by atoms with van der Waals surface area (Å²) >= 11 is 0. The van der Waals surface area contributed by atoms with Crippen LogP contribution in [-0.2, 0) is 65.4 Å². The summed E-state index contributed by atoms with van der Waals surface area (Å²) in [5.41, 5.74) is 0. The Morgan fingerprint density at radius 2 is 0.550 bits per heavy atom. The maximum Gasteiger partial charge on any atom is 0.472 e. The van der Waals surface area contributed by atoms with Crippen LogP contribution in [0.15, 0.2) is 158 Å². The minimum absolute atomic E-state index is 0.0599. The summed E-state index contributed by atoms with van der Waals surface area (Å²) in [4.78, 5) is 72.8. The van der Waals surface area contributed by atoms with Gasteiger partial charge in [-0.3, -0.25) is 37.3 Å². The van der Waals surface area contributed by atoms with Crippen LogP contribution in [-0.4, -0.2) is 96.7 Å². The van der Waals surface area contributed by atoms with Crippen molar-refractivity contribution in [3.8, 4) is 0 Å². The molecule has 0 radical (unpaired) electrons. The number of allylic oxidation sites excluding steroid dienone is 26. The molecule has 0 spiro atoms. The average molecular weight is 1440 g/mol. The van der Waals surface area contributed by atoms with Crippen LogP contribution in [0.25, 0.3) is 0 Å². The standard InChI is InChI=1S/C81H132O17P2/c1-5-9-13-17-21-25-29-33-35-37-39-43-45-49-53-57-61-65-78(83)91-71-76(97-80(85)67-63-59-55-51-47-41-31-27-23-19-15-11-7-3)73-95-99(87,88)93-69-75(82)70-94-100(89,90)96-74-77(98-81(86)68-64-60-56-52-48-42-32-28-24-20-16-12-8-4)72-92-79(84)66-62-58-54-50-46-44-40-38-36-34-30-26-22-18-14-10-6-2/h9-10,13-15,19,21-22,25-28,31-36,39-40,43-44,49-50,53-54,75-77,82H,5-8,11-12,16-18,20,23-24,29-30,37-38,41-42,45-48,51-52,55-74H2,1-4H3,(H,87,88)(H,89,90)/b13-9-,14-10-,19-15-,25-21-,26-22-,31-27-,32-28-,35-33-,36-34-,43-39-,44-40-,53-49-,54-50-. The highest BCUT2D eigenvalue weighted by Gasteiger charge is 2.30. The van der Waals surface area contributed by atoms with E-state index in [0.717, 1.165) is 154 Å². The van der Waals surface area contributed by atoms with E-state index in [1.165, 1.54) is 25.7 Å². The fourth-order valence-electron chi connectivity index (χ4n) is 9.26. The Morgan fingerprint density at radius 1 is 0.290 bits per heavy atom. The molecule has 0 saturated carbocycles. The number of esters is 4. The van der Waals surface area contributed by atoms with Gasteiger partial charge in [0, 0.05) is 25.7 Å². The first kappa shape index (κ1) is 94.7. The van der Waals surface area contributed by atoms with E-state index in [-0.39, 0.29) is 25.7 Å². The van der Waals surface area contributed by atoms with Crippen LogP contribution in [0.5, 0.6) is 0 Å². The molecule has 0 rings (SSSR count). The van der Waals surface area contributed by atoms with Gasteiger partial charge in [0.15, 0.2) is 12.2 Å². The number of hydrogen-bond acceptors (Lipinski definition) is 15. The number of aliphatic hydroxyl groups excluding tert-OH is 1. The highest BCUT2D eigenvalue weighted by atomic mass is 31.2. The molecule has 0 heterocycles. The average Bonchev–Trinajstić information content (AvgIpc) is 0.943. The Hall–Kier alpha value is -5.32. The quantitative estimate of drug-likeness (QED) is 0.0169. The number of hydrogen-bond donors (Lipinski definition) is 3. The number of aliphatic hydroxyl groups is 1. The first-order chi connectivity index (χ1) is 48.7. The summed E-state index contributed by atoms with van der Waals surface area (Å²) in [5, 5.41) is 10.6. The number of rotatable bonds is 69. The Labute approximate surface area is 604 Å². The molecule has 0 aromatic rings. The number of phosphoric ester groups is 2. The van der Waals surface area contributed by atoms with Crippen molar-refractivity contribution in [3.63, 3.8) is 0 Å². The maximum atomic E-state index is 13.1. The molecule has 0 fully saturated rings. The van der Waals surface area contributed by atoms with Crippen molar-refractivity contribution in [1.29, 1.82) is 0 Å². The van der Waals surface area contributed by atoms with Crippen LogP contribution in [0.2, 0.25) is 0 Å². The molecule has 19 heteroatoms. The van der Waals surface area contributed by atoms with Crippen LogP contribution in [0, 0.1) is 0 Å². The molecule has 0 bridgehead atoms. The lowest BCUT2D eigenvalue weighted by Gasteiger charge is -2.21. The molecule has 0 amide bonds. The highest BCUT2D eigenvalue weighted by Crippen LogP contribution is 2.45. The van der Waals surface area contributed by atoms with Gasteiger partial charge in [0.05, 0.1) is 26.4 Å². The van der Waals surface area contributed by atoms with Crippen LogP contribution < -0.4 is 0 Å². The van der Waals surface area contributed by atoms with Gasteiger partial charge in [-0.25, -0.2) is 9.13 Å². The fraction of sp³-hybridized carbons (Fsp3) is 0.630. The minimum atomic E-state index is -5.00. The fourth-order valence-corrected chi connectivity index (χ4v) is 10.8. The third-order valence-electron chi connectivity index (χ3n) is 14.9. The Kier molecular flexibility index (Phi) is 68.2. The molecular formula is C81H132O17P2. The smallest absolute Gasteiger partial charge is 0.462 e. The first-order valence-corrected chi connectivity index (χ1v) is 40.7. The minimum Gasteiger partial charge on any atom is -0.462 e. The largest absolute Gasteiger partial charge is 0.472 e. The first-order valence-electron chi connectivity index (χ1n) is 37.7. The van der Waals surface area contributed by atoms with Crippen LogP contribution in [0.1, 0.15) is 272 Å². The molecule has 0 aliphatic rings. The number of carbonyl (C=O) groups excluding carboxylic acids is 4. The molecule has 17 nitrogen and oxygen atoms in total. The lowest BCUT2D eigenvalue weighted by molar-refractivity contribution is -0.161. The second-order valence-electron chi connectivity index (χ2n) is 24.5. The summed E-state index contributed by atoms with van der Waals surface area (Å²) in [6, 6.07) is 0. The molecule has 0 aromatic carbocycles. The lowest BCUT2D eigenvalue weighted by atomic mass is 10.1. The van der Waals surface area contributed by atoms with Crippen molar-refractivity contribution < 1.29 is 80.2 Å². The molecule has 0 aliphatic heterocycles. The van der Waals surface area contributed by atoms with E-state index in [1.807, 2.05) is 24.3 Å². The zero-order valence-corrected chi connectivity index (χ0v) is 63.6. The van der Waals surface area contributed by atoms with E-state index in [2.05, 4.69) is 161 Å². The van der Waals surface area contributed by atoms with E-state index in [9.17, 15) is 43.2 Å². The third kappa shape index (κ3) is 71.1. The molecule has 0 aromatic heterocycles. The van der Waals surface area contributed by atoms with E-state index in [4.69, 9.17) is 37.0 Å². The monoisotopic (exact) mass is 1440 g/mol. The van der Waals surface area contributed by atoms with Gasteiger partial charge in [0.25, 0.3) is 0 Å². The topological polar surface area (TPSA) is 237 Å². The van der Waals surface area contributed by atoms with Crippen molar-refractivity contribution in [2.75, 3.05) is 39.6 Å². The number of ether oxygens (including phenoxy) is 4. The van der Waals surface area contributed by atoms with Gasteiger partial charge in [0.1, 0.15) is 19.3 Å². The Morgan fingerprint density at radius 3 is 0.880 bits per heavy atom. The van der Waals surface area contributed by atoms with E-state index in [0.29, 0.717) is 38.5 Å². The third-order valence-corrected chi connectivity index (χ3v) is 16.8. The predicted molar refractivity (Wildman–Crippen MR) is 408 cm³/mol. The second kappa shape index (κ2) is 72.0. The Balaban J connectivity index is 5.46. The van der Waals surface area contributed by atoms with Gasteiger partial charge in [-0.1, -0.05) is 250 Å². The normalized spacial score (nSPS) is 14.8. The zero-order chi connectivity index (χ0) is 73.2. The molecule has 0 saturated heterocycles. The van der Waals surface area contributed by atoms with Gasteiger partial charge in [-0.15, -0.1) is 0 Å². The van der Waals surface area contributed by atoms with Crippen LogP contribution >= 0.6 is 15.6 Å². The van der Waals surface area contributed by atoms with E-state index >= 15 is 0 Å². The molecular weight excluding hydrogens is 1310 g/mol. The molecule has 100 heavy (non-hydrogen) atoms. The van der Waals surface area contributed by atoms with Crippen molar-refractivity contribution in [2.24, 2.45) is 0 Å². The van der Waals surface area contributed by atoms with Crippen molar-refractivity contribution >= 4 is 39.5 Å². The highest BCUT2D eigenvalue weighted by molar-refractivity contribution is 7.47. The molecule has 0 aliphatic carbocycles. The van der Waals surface area contributed by atoms with Gasteiger partial charge >= 0.3 is 39.5 Å². The maximum absolute atomic E-state index is 13.1. The van der Waals surface area contributed by atoms with Crippen LogP contribution in [0.4, 0.5) is 0 Å². The Bertz CT molecular complexity index is 2520. The molecule has 3 N–H and O–H groups in total. The molecule has 568 valence electrons. The van der Waals surface area contributed by atoms with Gasteiger partial charge in [0.2, 0.25) is 0 Å². The number of carbonyl (C=O) groups is 4. The molecule has 5 atom stereocenters. The number of phosphoric acid groups is 2. The zero-order valence-electron chi connectivity index (χ0n) is 61.8. The summed E-state index contributed by atoms with van der Waals surface area (Å²) in [7, 11) is -10.00. The number of unbranched alkanes of at least 4 members (excludes halogenated alkanes) is 17. The summed E-state index contributed by atoms with van der Waals surface area (Å²) in [6.07, 6.45) is 82.5. The SMILES string of the molecule is CC/C=C\C/C=C\C/C=C\C/C=C\C/C=C\CCCC(=O)OCC(COP(=O)(O)OCC(O)COP(=O)(O)OCC(COC(=O)CCC/C=C\C/C=C\C/C=C\C/C=C\C/C=C\CC)OC(=O)CCCCCCC/C=C\CCCCCC)OC(=O)CCCCCCC/C=C\C/C=C\CCC. The predicted octanol–water partition coefficient (Wildman–Crippen LogP) is 21.7. The molecule has 5 unspecified atom stereocenters. The van der Waals surface area contributed by atoms with Crippen LogP contribution in [0.3, 0.4) is 0 Å². The van der Waals surface area contributed by atoms with Gasteiger partial charge < -0.3 is 33.8 Å². The van der Waals surface area contributed by atoms with Gasteiger partial charge in [-0.2, -0.15) is 0 Å². The second-order valence-corrected chi connectivity index (χ2v) is 27.4. The van der Waals surface area contributed by atoms with E-state index < -0.39 is 97.5 Å². The van der Waals surface area contributed by atoms with Crippen molar-refractivity contribution in [1.82, 2.24) is 0 Å². The van der Waals surface area contributed by atoms with Crippen molar-refractivity contribution in [3.05, 3.63) is 158 Å². The lowest BCUT2D eigenvalue weighted by Crippen LogP contribution is -2.30. The summed E-state index contributed by atoms with van der Waals surface area (Å²) in [5.74, 6) is -2.35. The van der Waals surface area contributed by atoms with E-state index in [1.54, 1.807) is 0 Å². The van der Waals surface area contributed by atoms with Crippen molar-refractivity contribution in [2.45, 2.75) is 290 Å². The van der Waals surface area contributed by atoms with Gasteiger partial charge in [-0.05, 0) is 154 Å².